The Morgan fingerprint density at radius 1 is 1.50 bits per heavy atom. The summed E-state index contributed by atoms with van der Waals surface area (Å²) in [5.74, 6) is -0.331. The van der Waals surface area contributed by atoms with Crippen LogP contribution >= 0.6 is 0 Å². The molecule has 3 nitrogen and oxygen atoms in total. The smallest absolute Gasteiger partial charge is 0.244 e. The number of aryl methyl sites for hydroxylation is 1. The summed E-state index contributed by atoms with van der Waals surface area (Å²) < 4.78 is 0. The number of rotatable bonds is 2. The first-order valence-corrected chi connectivity index (χ1v) is 4.28. The molecule has 74 valence electrons. The van der Waals surface area contributed by atoms with Crippen LogP contribution in [0.1, 0.15) is 18.1 Å². The maximum Gasteiger partial charge on any atom is 0.244 e. The van der Waals surface area contributed by atoms with Gasteiger partial charge in [0.1, 0.15) is 5.75 Å². The first-order chi connectivity index (χ1) is 6.50. The number of carbonyl (C=O) groups is 1. The van der Waals surface area contributed by atoms with E-state index in [1.807, 2.05) is 6.92 Å². The van der Waals surface area contributed by atoms with Crippen LogP contribution in [-0.2, 0) is 4.79 Å². The Labute approximate surface area is 82.9 Å². The molecule has 0 aliphatic rings. The normalized spacial score (nSPS) is 11.4. The summed E-state index contributed by atoms with van der Waals surface area (Å²) in [5, 5.41) is 9.47. The fourth-order valence-electron chi connectivity index (χ4n) is 1.09. The summed E-state index contributed by atoms with van der Waals surface area (Å²) in [6, 6.07) is 5.18. The molecule has 14 heavy (non-hydrogen) atoms. The number of phenols is 1. The fraction of sp³-hybridized carbons (Fsp3) is 0.182. The standard InChI is InChI=1S/C11H13NO2/c1-7-3-4-10(13)9(5-7)6-8(2)11(12)14/h3-6,13H,1-2H3,(H2,12,14). The van der Waals surface area contributed by atoms with E-state index in [2.05, 4.69) is 0 Å². The van der Waals surface area contributed by atoms with Crippen LogP contribution < -0.4 is 5.73 Å². The molecule has 1 aromatic rings. The summed E-state index contributed by atoms with van der Waals surface area (Å²) >= 11 is 0. The van der Waals surface area contributed by atoms with Crippen molar-refractivity contribution in [2.75, 3.05) is 0 Å². The molecule has 1 rings (SSSR count). The lowest BCUT2D eigenvalue weighted by Gasteiger charge is -2.01. The fourth-order valence-corrected chi connectivity index (χ4v) is 1.09. The van der Waals surface area contributed by atoms with Crippen LogP contribution in [0.3, 0.4) is 0 Å². The van der Waals surface area contributed by atoms with Crippen LogP contribution in [-0.4, -0.2) is 11.0 Å². The zero-order chi connectivity index (χ0) is 10.7. The maximum atomic E-state index is 10.8. The van der Waals surface area contributed by atoms with Crippen molar-refractivity contribution in [3.05, 3.63) is 34.9 Å². The van der Waals surface area contributed by atoms with Crippen molar-refractivity contribution in [1.29, 1.82) is 0 Å². The van der Waals surface area contributed by atoms with Gasteiger partial charge in [0.25, 0.3) is 0 Å². The average molecular weight is 191 g/mol. The van der Waals surface area contributed by atoms with Gasteiger partial charge in [-0.15, -0.1) is 0 Å². The topological polar surface area (TPSA) is 63.3 Å². The molecule has 3 N–H and O–H groups in total. The first kappa shape index (κ1) is 10.3. The number of amides is 1. The molecular formula is C11H13NO2. The van der Waals surface area contributed by atoms with Gasteiger partial charge in [-0.1, -0.05) is 11.6 Å². The van der Waals surface area contributed by atoms with E-state index in [1.165, 1.54) is 0 Å². The highest BCUT2D eigenvalue weighted by molar-refractivity contribution is 5.96. The van der Waals surface area contributed by atoms with Gasteiger partial charge >= 0.3 is 0 Å². The van der Waals surface area contributed by atoms with Gasteiger partial charge in [-0.3, -0.25) is 4.79 Å². The highest BCUT2D eigenvalue weighted by Gasteiger charge is 2.01. The minimum atomic E-state index is -0.481. The number of aromatic hydroxyl groups is 1. The molecule has 0 bridgehead atoms. The van der Waals surface area contributed by atoms with Crippen LogP contribution in [0.5, 0.6) is 5.75 Å². The number of hydrogen-bond acceptors (Lipinski definition) is 2. The minimum absolute atomic E-state index is 0.149. The molecule has 0 aromatic heterocycles. The van der Waals surface area contributed by atoms with E-state index in [1.54, 1.807) is 31.2 Å². The molecular weight excluding hydrogens is 178 g/mol. The zero-order valence-corrected chi connectivity index (χ0v) is 8.24. The van der Waals surface area contributed by atoms with Crippen LogP contribution in [0, 0.1) is 6.92 Å². The van der Waals surface area contributed by atoms with Gasteiger partial charge in [0.2, 0.25) is 5.91 Å². The van der Waals surface area contributed by atoms with Crippen molar-refractivity contribution in [3.63, 3.8) is 0 Å². The van der Waals surface area contributed by atoms with Gasteiger partial charge < -0.3 is 10.8 Å². The molecule has 0 unspecified atom stereocenters. The summed E-state index contributed by atoms with van der Waals surface area (Å²) in [6.45, 7) is 3.53. The van der Waals surface area contributed by atoms with Gasteiger partial charge in [0.05, 0.1) is 0 Å². The monoisotopic (exact) mass is 191 g/mol. The molecule has 3 heteroatoms. The van der Waals surface area contributed by atoms with Crippen LogP contribution in [0.25, 0.3) is 6.08 Å². The van der Waals surface area contributed by atoms with Gasteiger partial charge in [-0.05, 0) is 32.1 Å². The van der Waals surface area contributed by atoms with Crippen molar-refractivity contribution in [2.24, 2.45) is 5.73 Å². The van der Waals surface area contributed by atoms with Gasteiger partial charge in [0, 0.05) is 11.1 Å². The second kappa shape index (κ2) is 3.96. The van der Waals surface area contributed by atoms with Crippen LogP contribution in [0.4, 0.5) is 0 Å². The second-order valence-electron chi connectivity index (χ2n) is 3.25. The van der Waals surface area contributed by atoms with Crippen LogP contribution in [0.15, 0.2) is 23.8 Å². The van der Waals surface area contributed by atoms with Crippen molar-refractivity contribution in [2.45, 2.75) is 13.8 Å². The Bertz CT molecular complexity index is 394. The quantitative estimate of drug-likeness (QED) is 0.697. The summed E-state index contributed by atoms with van der Waals surface area (Å²) in [4.78, 5) is 10.8. The SMILES string of the molecule is CC(=Cc1cc(C)ccc1O)C(N)=O. The summed E-state index contributed by atoms with van der Waals surface area (Å²) in [5.41, 5.74) is 7.14. The summed E-state index contributed by atoms with van der Waals surface area (Å²) in [6.07, 6.45) is 1.57. The third-order valence-corrected chi connectivity index (χ3v) is 1.94. The lowest BCUT2D eigenvalue weighted by Crippen LogP contribution is -2.11. The van der Waals surface area contributed by atoms with Crippen molar-refractivity contribution in [3.8, 4) is 5.75 Å². The lowest BCUT2D eigenvalue weighted by atomic mass is 10.1. The van der Waals surface area contributed by atoms with Gasteiger partial charge in [0.15, 0.2) is 0 Å². The van der Waals surface area contributed by atoms with Crippen molar-refractivity contribution >= 4 is 12.0 Å². The third-order valence-electron chi connectivity index (χ3n) is 1.94. The highest BCUT2D eigenvalue weighted by atomic mass is 16.3. The van der Waals surface area contributed by atoms with Crippen LogP contribution in [0.2, 0.25) is 0 Å². The van der Waals surface area contributed by atoms with E-state index in [0.29, 0.717) is 11.1 Å². The molecule has 0 heterocycles. The Morgan fingerprint density at radius 2 is 2.14 bits per heavy atom. The molecule has 0 aliphatic heterocycles. The number of benzene rings is 1. The molecule has 0 aliphatic carbocycles. The number of carbonyl (C=O) groups excluding carboxylic acids is 1. The molecule has 0 spiro atoms. The van der Waals surface area contributed by atoms with E-state index in [0.717, 1.165) is 5.56 Å². The molecule has 1 amide bonds. The molecule has 0 atom stereocenters. The first-order valence-electron chi connectivity index (χ1n) is 4.28. The van der Waals surface area contributed by atoms with Gasteiger partial charge in [-0.2, -0.15) is 0 Å². The molecule has 0 saturated heterocycles. The Morgan fingerprint density at radius 3 is 2.71 bits per heavy atom. The second-order valence-corrected chi connectivity index (χ2v) is 3.25. The van der Waals surface area contributed by atoms with E-state index in [4.69, 9.17) is 5.73 Å². The molecule has 0 fully saturated rings. The highest BCUT2D eigenvalue weighted by Crippen LogP contribution is 2.20. The van der Waals surface area contributed by atoms with E-state index in [-0.39, 0.29) is 5.75 Å². The number of phenolic OH excluding ortho intramolecular Hbond substituents is 1. The molecule has 0 radical (unpaired) electrons. The lowest BCUT2D eigenvalue weighted by molar-refractivity contribution is -0.114. The van der Waals surface area contributed by atoms with Crippen molar-refractivity contribution in [1.82, 2.24) is 0 Å². The van der Waals surface area contributed by atoms with Gasteiger partial charge in [-0.25, -0.2) is 0 Å². The predicted octanol–water partition coefficient (Wildman–Crippen LogP) is 1.59. The molecule has 0 saturated carbocycles. The Kier molecular flexibility index (Phi) is 2.92. The third kappa shape index (κ3) is 2.36. The Hall–Kier alpha value is -1.77. The van der Waals surface area contributed by atoms with Crippen molar-refractivity contribution < 1.29 is 9.90 Å². The maximum absolute atomic E-state index is 10.8. The number of nitrogens with two attached hydrogens (primary N) is 1. The average Bonchev–Trinajstić information content (AvgIpc) is 2.11. The number of hydrogen-bond donors (Lipinski definition) is 2. The minimum Gasteiger partial charge on any atom is -0.507 e. The largest absolute Gasteiger partial charge is 0.507 e. The van der Waals surface area contributed by atoms with E-state index >= 15 is 0 Å². The molecule has 1 aromatic carbocycles. The predicted molar refractivity (Wildman–Crippen MR) is 55.7 cm³/mol. The number of primary amides is 1. The van der Waals surface area contributed by atoms with E-state index < -0.39 is 5.91 Å². The summed E-state index contributed by atoms with van der Waals surface area (Å²) in [7, 11) is 0. The van der Waals surface area contributed by atoms with E-state index in [9.17, 15) is 9.90 Å². The Balaban J connectivity index is 3.13. The zero-order valence-electron chi connectivity index (χ0n) is 8.24.